The van der Waals surface area contributed by atoms with Crippen LogP contribution in [0.25, 0.3) is 0 Å². The third-order valence-corrected chi connectivity index (χ3v) is 6.87. The average Bonchev–Trinajstić information content (AvgIpc) is 3.16. The van der Waals surface area contributed by atoms with Crippen LogP contribution in [0.1, 0.15) is 49.5 Å². The largest absolute Gasteiger partial charge is 0.449 e. The van der Waals surface area contributed by atoms with E-state index in [-0.39, 0.29) is 16.4 Å². The molecule has 2 rings (SSSR count). The Bertz CT molecular complexity index is 796. The Balaban J connectivity index is 2.22. The predicted octanol–water partition coefficient (Wildman–Crippen LogP) is 2.19. The molecule has 1 fully saturated rings. The molecule has 1 heterocycles. The molecule has 1 atom stereocenters. The van der Waals surface area contributed by atoms with Gasteiger partial charge < -0.3 is 9.64 Å². The smallest absolute Gasteiger partial charge is 0.339 e. The maximum Gasteiger partial charge on any atom is 0.339 e. The Hall–Kier alpha value is -1.93. The summed E-state index contributed by atoms with van der Waals surface area (Å²) in [6.07, 6.45) is 1.01. The Morgan fingerprint density at radius 2 is 1.78 bits per heavy atom. The summed E-state index contributed by atoms with van der Waals surface area (Å²) >= 11 is 0. The number of carbonyl (C=O) groups is 2. The average molecular weight is 397 g/mol. The molecule has 8 heteroatoms. The molecule has 1 saturated heterocycles. The van der Waals surface area contributed by atoms with Crippen LogP contribution in [0.4, 0.5) is 0 Å². The number of amides is 1. The summed E-state index contributed by atoms with van der Waals surface area (Å²) in [5.41, 5.74) is 0.753. The summed E-state index contributed by atoms with van der Waals surface area (Å²) in [5.74, 6) is -0.908. The zero-order chi connectivity index (χ0) is 20.2. The molecule has 0 N–H and O–H groups in total. The van der Waals surface area contributed by atoms with Crippen LogP contribution in [0.15, 0.2) is 23.1 Å². The lowest BCUT2D eigenvalue weighted by atomic mass is 10.1. The standard InChI is InChI=1S/C19H28N2O5S/c1-5-21(6-2)27(24,25)16-10-9-14(3)17(13-16)19(23)26-15(4)18(22)20-11-7-8-12-20/h9-10,13,15H,5-8,11-12H2,1-4H3. The van der Waals surface area contributed by atoms with E-state index in [0.717, 1.165) is 12.8 Å². The number of likely N-dealkylation sites (tertiary alicyclic amines) is 1. The number of hydrogen-bond acceptors (Lipinski definition) is 5. The third-order valence-electron chi connectivity index (χ3n) is 4.82. The first-order chi connectivity index (χ1) is 12.7. The van der Waals surface area contributed by atoms with E-state index in [1.807, 2.05) is 0 Å². The molecule has 1 amide bonds. The van der Waals surface area contributed by atoms with Crippen LogP contribution in [-0.2, 0) is 19.6 Å². The monoisotopic (exact) mass is 396 g/mol. The lowest BCUT2D eigenvalue weighted by Gasteiger charge is -2.21. The van der Waals surface area contributed by atoms with Gasteiger partial charge in [0.25, 0.3) is 5.91 Å². The molecule has 0 radical (unpaired) electrons. The second-order valence-electron chi connectivity index (χ2n) is 6.65. The molecule has 1 aromatic rings. The molecule has 27 heavy (non-hydrogen) atoms. The van der Waals surface area contributed by atoms with Crippen molar-refractivity contribution in [3.8, 4) is 0 Å². The number of hydrogen-bond donors (Lipinski definition) is 0. The van der Waals surface area contributed by atoms with Gasteiger partial charge in [-0.3, -0.25) is 4.79 Å². The topological polar surface area (TPSA) is 84.0 Å². The molecule has 1 unspecified atom stereocenters. The van der Waals surface area contributed by atoms with Gasteiger partial charge in [-0.15, -0.1) is 0 Å². The highest BCUT2D eigenvalue weighted by atomic mass is 32.2. The van der Waals surface area contributed by atoms with E-state index < -0.39 is 22.1 Å². The van der Waals surface area contributed by atoms with Crippen LogP contribution in [-0.4, -0.2) is 61.8 Å². The molecule has 1 aliphatic rings. The molecule has 0 bridgehead atoms. The predicted molar refractivity (Wildman–Crippen MR) is 102 cm³/mol. The van der Waals surface area contributed by atoms with Crippen molar-refractivity contribution in [3.63, 3.8) is 0 Å². The zero-order valence-corrected chi connectivity index (χ0v) is 17.2. The first-order valence-electron chi connectivity index (χ1n) is 9.32. The summed E-state index contributed by atoms with van der Waals surface area (Å²) in [6, 6.07) is 4.40. The molecule has 1 aromatic carbocycles. The summed E-state index contributed by atoms with van der Waals surface area (Å²) in [4.78, 5) is 26.6. The molecular weight excluding hydrogens is 368 g/mol. The molecule has 0 aliphatic carbocycles. The van der Waals surface area contributed by atoms with Crippen molar-refractivity contribution in [1.29, 1.82) is 0 Å². The SMILES string of the molecule is CCN(CC)S(=O)(=O)c1ccc(C)c(C(=O)OC(C)C(=O)N2CCCC2)c1. The Kier molecular flexibility index (Phi) is 7.00. The van der Waals surface area contributed by atoms with Gasteiger partial charge in [-0.05, 0) is 44.4 Å². The van der Waals surface area contributed by atoms with Crippen molar-refractivity contribution in [1.82, 2.24) is 9.21 Å². The van der Waals surface area contributed by atoms with Gasteiger partial charge in [0.15, 0.2) is 6.10 Å². The maximum absolute atomic E-state index is 12.7. The zero-order valence-electron chi connectivity index (χ0n) is 16.4. The van der Waals surface area contributed by atoms with Crippen LogP contribution < -0.4 is 0 Å². The first kappa shape index (κ1) is 21.4. The van der Waals surface area contributed by atoms with E-state index in [0.29, 0.717) is 31.7 Å². The van der Waals surface area contributed by atoms with E-state index >= 15 is 0 Å². The summed E-state index contributed by atoms with van der Waals surface area (Å²) < 4.78 is 32.1. The second kappa shape index (κ2) is 8.84. The molecular formula is C19H28N2O5S. The molecule has 0 spiro atoms. The first-order valence-corrected chi connectivity index (χ1v) is 10.8. The molecule has 150 valence electrons. The normalized spacial score (nSPS) is 15.8. The van der Waals surface area contributed by atoms with E-state index in [4.69, 9.17) is 4.74 Å². The number of aryl methyl sites for hydroxylation is 1. The summed E-state index contributed by atoms with van der Waals surface area (Å²) in [6.45, 7) is 8.81. The number of carbonyl (C=O) groups excluding carboxylic acids is 2. The summed E-state index contributed by atoms with van der Waals surface area (Å²) in [7, 11) is -3.68. The Morgan fingerprint density at radius 3 is 2.33 bits per heavy atom. The van der Waals surface area contributed by atoms with Crippen LogP contribution in [0.2, 0.25) is 0 Å². The van der Waals surface area contributed by atoms with Crippen molar-refractivity contribution in [2.75, 3.05) is 26.2 Å². The number of esters is 1. The van der Waals surface area contributed by atoms with E-state index in [9.17, 15) is 18.0 Å². The minimum atomic E-state index is -3.68. The van der Waals surface area contributed by atoms with Crippen LogP contribution in [0.5, 0.6) is 0 Å². The molecule has 1 aliphatic heterocycles. The lowest BCUT2D eigenvalue weighted by molar-refractivity contribution is -0.138. The Labute approximate surface area is 161 Å². The van der Waals surface area contributed by atoms with Crippen molar-refractivity contribution < 1.29 is 22.7 Å². The number of benzene rings is 1. The fourth-order valence-electron chi connectivity index (χ4n) is 3.16. The Morgan fingerprint density at radius 1 is 1.19 bits per heavy atom. The van der Waals surface area contributed by atoms with Gasteiger partial charge in [0, 0.05) is 26.2 Å². The van der Waals surface area contributed by atoms with Gasteiger partial charge in [0.1, 0.15) is 0 Å². The molecule has 0 aromatic heterocycles. The highest BCUT2D eigenvalue weighted by Gasteiger charge is 2.28. The highest BCUT2D eigenvalue weighted by molar-refractivity contribution is 7.89. The van der Waals surface area contributed by atoms with Crippen LogP contribution in [0, 0.1) is 6.92 Å². The van der Waals surface area contributed by atoms with E-state index in [2.05, 4.69) is 0 Å². The van der Waals surface area contributed by atoms with Gasteiger partial charge >= 0.3 is 5.97 Å². The second-order valence-corrected chi connectivity index (χ2v) is 8.58. The fraction of sp³-hybridized carbons (Fsp3) is 0.579. The molecule has 0 saturated carbocycles. The van der Waals surface area contributed by atoms with Gasteiger partial charge in [-0.2, -0.15) is 4.31 Å². The van der Waals surface area contributed by atoms with Crippen molar-refractivity contribution in [2.45, 2.75) is 51.5 Å². The maximum atomic E-state index is 12.7. The van der Waals surface area contributed by atoms with E-state index in [1.54, 1.807) is 38.7 Å². The number of sulfonamides is 1. The molecule has 7 nitrogen and oxygen atoms in total. The number of nitrogens with zero attached hydrogens (tertiary/aromatic N) is 2. The fourth-order valence-corrected chi connectivity index (χ4v) is 4.65. The van der Waals surface area contributed by atoms with Crippen LogP contribution in [0.3, 0.4) is 0 Å². The summed E-state index contributed by atoms with van der Waals surface area (Å²) in [5, 5.41) is 0. The van der Waals surface area contributed by atoms with Crippen molar-refractivity contribution >= 4 is 21.9 Å². The van der Waals surface area contributed by atoms with Gasteiger partial charge in [0.05, 0.1) is 10.5 Å². The van der Waals surface area contributed by atoms with Crippen molar-refractivity contribution in [3.05, 3.63) is 29.3 Å². The highest BCUT2D eigenvalue weighted by Crippen LogP contribution is 2.21. The van der Waals surface area contributed by atoms with Crippen molar-refractivity contribution in [2.24, 2.45) is 0 Å². The number of ether oxygens (including phenoxy) is 1. The third kappa shape index (κ3) is 4.68. The quantitative estimate of drug-likeness (QED) is 0.660. The lowest BCUT2D eigenvalue weighted by Crippen LogP contribution is -2.38. The van der Waals surface area contributed by atoms with Crippen LogP contribution >= 0.6 is 0 Å². The van der Waals surface area contributed by atoms with Gasteiger partial charge in [-0.1, -0.05) is 19.9 Å². The number of rotatable bonds is 7. The van der Waals surface area contributed by atoms with Gasteiger partial charge in [-0.25, -0.2) is 13.2 Å². The van der Waals surface area contributed by atoms with E-state index in [1.165, 1.54) is 16.4 Å². The van der Waals surface area contributed by atoms with Gasteiger partial charge in [0.2, 0.25) is 10.0 Å². The minimum Gasteiger partial charge on any atom is -0.449 e. The minimum absolute atomic E-state index is 0.0438.